The number of carbonyl (C=O) groups is 3. The Hall–Kier alpha value is -4.61. The third-order valence-electron chi connectivity index (χ3n) is 5.35. The molecule has 0 saturated heterocycles. The van der Waals surface area contributed by atoms with Crippen molar-refractivity contribution in [1.82, 2.24) is 29.8 Å². The Morgan fingerprint density at radius 2 is 1.74 bits per heavy atom. The Bertz CT molecular complexity index is 1470. The number of pyridine rings is 1. The molecule has 0 aliphatic carbocycles. The van der Waals surface area contributed by atoms with Gasteiger partial charge in [0.1, 0.15) is 12.2 Å². The predicted molar refractivity (Wildman–Crippen MR) is 121 cm³/mol. The molecule has 4 aromatic rings. The summed E-state index contributed by atoms with van der Waals surface area (Å²) in [7, 11) is 3.15. The minimum atomic E-state index is -0.806. The Labute approximate surface area is 193 Å². The van der Waals surface area contributed by atoms with E-state index in [2.05, 4.69) is 20.2 Å². The molecule has 0 saturated carbocycles. The van der Waals surface area contributed by atoms with Crippen LogP contribution in [0.4, 0.5) is 0 Å². The number of benzene rings is 1. The van der Waals surface area contributed by atoms with Gasteiger partial charge in [0, 0.05) is 36.3 Å². The third kappa shape index (κ3) is 3.74. The van der Waals surface area contributed by atoms with Crippen LogP contribution in [0.1, 0.15) is 48.7 Å². The first kappa shape index (κ1) is 22.6. The van der Waals surface area contributed by atoms with E-state index in [0.29, 0.717) is 27.9 Å². The largest absolute Gasteiger partial charge is 0.366 e. The summed E-state index contributed by atoms with van der Waals surface area (Å²) in [6, 6.07) is 6.85. The molecule has 0 unspecified atom stereocenters. The third-order valence-corrected chi connectivity index (χ3v) is 5.35. The molecule has 1 aromatic carbocycles. The second kappa shape index (κ2) is 8.39. The fraction of sp³-hybridized carbons (Fsp3) is 0.227. The predicted octanol–water partition coefficient (Wildman–Crippen LogP) is 1.05. The molecule has 3 heterocycles. The van der Waals surface area contributed by atoms with Gasteiger partial charge in [0.05, 0.1) is 16.8 Å². The first-order valence-electron chi connectivity index (χ1n) is 10.2. The van der Waals surface area contributed by atoms with Gasteiger partial charge < -0.3 is 20.9 Å². The lowest BCUT2D eigenvalue weighted by atomic mass is 9.92. The topological polar surface area (TPSA) is 176 Å². The van der Waals surface area contributed by atoms with Crippen molar-refractivity contribution in [2.75, 3.05) is 14.1 Å². The number of hydrogen-bond acceptors (Lipinski definition) is 8. The quantitative estimate of drug-likeness (QED) is 0.427. The van der Waals surface area contributed by atoms with Gasteiger partial charge in [0.25, 0.3) is 5.91 Å². The molecule has 0 aliphatic rings. The van der Waals surface area contributed by atoms with Crippen molar-refractivity contribution in [2.24, 2.45) is 11.5 Å². The molecule has 3 aromatic heterocycles. The van der Waals surface area contributed by atoms with Crippen molar-refractivity contribution in [3.8, 4) is 11.1 Å². The minimum absolute atomic E-state index is 0.0791. The molecular formula is C22H22N8O4. The Morgan fingerprint density at radius 1 is 1.03 bits per heavy atom. The molecule has 34 heavy (non-hydrogen) atoms. The fourth-order valence-electron chi connectivity index (χ4n) is 3.83. The van der Waals surface area contributed by atoms with Gasteiger partial charge in [-0.15, -0.1) is 0 Å². The molecule has 4 rings (SSSR count). The summed E-state index contributed by atoms with van der Waals surface area (Å²) in [5.41, 5.74) is 13.7. The number of primary amides is 2. The zero-order chi connectivity index (χ0) is 24.7. The van der Waals surface area contributed by atoms with Crippen LogP contribution in [0.5, 0.6) is 0 Å². The molecule has 0 bridgehead atoms. The van der Waals surface area contributed by atoms with E-state index in [-0.39, 0.29) is 35.1 Å². The lowest BCUT2D eigenvalue weighted by Crippen LogP contribution is -2.22. The average molecular weight is 462 g/mol. The Morgan fingerprint density at radius 3 is 2.38 bits per heavy atom. The summed E-state index contributed by atoms with van der Waals surface area (Å²) >= 11 is 0. The molecule has 12 nitrogen and oxygen atoms in total. The molecule has 0 fully saturated rings. The number of hydrogen-bond donors (Lipinski definition) is 2. The number of aryl methyl sites for hydroxylation is 1. The van der Waals surface area contributed by atoms with Gasteiger partial charge in [-0.25, -0.2) is 4.98 Å². The van der Waals surface area contributed by atoms with Crippen LogP contribution in [0.2, 0.25) is 0 Å². The normalized spacial score (nSPS) is 11.1. The van der Waals surface area contributed by atoms with Crippen molar-refractivity contribution in [3.63, 3.8) is 0 Å². The van der Waals surface area contributed by atoms with Crippen molar-refractivity contribution in [3.05, 3.63) is 58.6 Å². The molecule has 0 radical (unpaired) electrons. The second-order valence-corrected chi connectivity index (χ2v) is 7.87. The molecule has 4 N–H and O–H groups in total. The van der Waals surface area contributed by atoms with Crippen molar-refractivity contribution in [2.45, 2.75) is 20.4 Å². The van der Waals surface area contributed by atoms with Crippen LogP contribution in [0.15, 0.2) is 28.8 Å². The van der Waals surface area contributed by atoms with E-state index >= 15 is 0 Å². The van der Waals surface area contributed by atoms with Crippen LogP contribution in [-0.2, 0) is 6.54 Å². The standard InChI is InChI=1S/C22H22N8O4/c1-10-15(11(2)30(27-10)9-14-26-21(34-28-14)22(33)29(3)4)17-16(19(23)31)12-7-5-6-8-13(12)25-18(17)20(24)32/h5-8H,9H2,1-4H3,(H2,23,31)(H2,24,32). The van der Waals surface area contributed by atoms with Crippen LogP contribution >= 0.6 is 0 Å². The molecular weight excluding hydrogens is 440 g/mol. The summed E-state index contributed by atoms with van der Waals surface area (Å²) in [4.78, 5) is 46.8. The maximum Gasteiger partial charge on any atom is 0.316 e. The van der Waals surface area contributed by atoms with Crippen molar-refractivity contribution >= 4 is 28.6 Å². The number of aromatic nitrogens is 5. The first-order valence-corrected chi connectivity index (χ1v) is 10.2. The van der Waals surface area contributed by atoms with Gasteiger partial charge in [-0.1, -0.05) is 23.4 Å². The highest BCUT2D eigenvalue weighted by atomic mass is 16.5. The van der Waals surface area contributed by atoms with Gasteiger partial charge in [-0.2, -0.15) is 10.1 Å². The highest BCUT2D eigenvalue weighted by Gasteiger charge is 2.28. The molecule has 0 atom stereocenters. The van der Waals surface area contributed by atoms with Gasteiger partial charge >= 0.3 is 11.8 Å². The van der Waals surface area contributed by atoms with Crippen LogP contribution in [-0.4, -0.2) is 61.6 Å². The molecule has 12 heteroatoms. The second-order valence-electron chi connectivity index (χ2n) is 7.87. The number of amides is 3. The number of carbonyl (C=O) groups excluding carboxylic acids is 3. The zero-order valence-electron chi connectivity index (χ0n) is 19.0. The molecule has 0 aliphatic heterocycles. The Kier molecular flexibility index (Phi) is 5.57. The maximum atomic E-state index is 12.6. The summed E-state index contributed by atoms with van der Waals surface area (Å²) in [6.45, 7) is 3.56. The SMILES string of the molecule is Cc1nn(Cc2noc(C(=O)N(C)C)n2)c(C)c1-c1c(C(N)=O)nc2ccccc2c1C(N)=O. The molecule has 0 spiro atoms. The van der Waals surface area contributed by atoms with E-state index < -0.39 is 17.7 Å². The maximum absolute atomic E-state index is 12.6. The number of para-hydroxylation sites is 1. The van der Waals surface area contributed by atoms with E-state index in [4.69, 9.17) is 16.0 Å². The lowest BCUT2D eigenvalue weighted by molar-refractivity contribution is 0.0778. The number of fused-ring (bicyclic) bond motifs is 1. The van der Waals surface area contributed by atoms with Crippen LogP contribution in [0.3, 0.4) is 0 Å². The summed E-state index contributed by atoms with van der Waals surface area (Å²) in [6.07, 6.45) is 0. The van der Waals surface area contributed by atoms with Crippen LogP contribution in [0.25, 0.3) is 22.0 Å². The molecule has 174 valence electrons. The lowest BCUT2D eigenvalue weighted by Gasteiger charge is -2.14. The van der Waals surface area contributed by atoms with E-state index in [1.165, 1.54) is 4.90 Å². The highest BCUT2D eigenvalue weighted by Crippen LogP contribution is 2.36. The van der Waals surface area contributed by atoms with Gasteiger partial charge in [0.15, 0.2) is 5.82 Å². The van der Waals surface area contributed by atoms with Gasteiger partial charge in [-0.3, -0.25) is 19.1 Å². The average Bonchev–Trinajstić information content (AvgIpc) is 3.35. The fourth-order valence-corrected chi connectivity index (χ4v) is 3.83. The number of rotatable bonds is 6. The Balaban J connectivity index is 1.89. The smallest absolute Gasteiger partial charge is 0.316 e. The summed E-state index contributed by atoms with van der Waals surface area (Å²) in [5.74, 6) is -1.88. The van der Waals surface area contributed by atoms with Crippen molar-refractivity contribution < 1.29 is 18.9 Å². The summed E-state index contributed by atoms with van der Waals surface area (Å²) in [5, 5.41) is 8.86. The van der Waals surface area contributed by atoms with Crippen molar-refractivity contribution in [1.29, 1.82) is 0 Å². The van der Waals surface area contributed by atoms with E-state index in [1.807, 2.05) is 0 Å². The summed E-state index contributed by atoms with van der Waals surface area (Å²) < 4.78 is 6.62. The van der Waals surface area contributed by atoms with Gasteiger partial charge in [-0.05, 0) is 19.9 Å². The number of nitrogens with two attached hydrogens (primary N) is 2. The minimum Gasteiger partial charge on any atom is -0.366 e. The van der Waals surface area contributed by atoms with Crippen LogP contribution < -0.4 is 11.5 Å². The zero-order valence-corrected chi connectivity index (χ0v) is 19.0. The van der Waals surface area contributed by atoms with E-state index in [0.717, 1.165) is 0 Å². The monoisotopic (exact) mass is 462 g/mol. The van der Waals surface area contributed by atoms with Gasteiger partial charge in [0.2, 0.25) is 5.91 Å². The highest BCUT2D eigenvalue weighted by molar-refractivity contribution is 6.15. The van der Waals surface area contributed by atoms with E-state index in [9.17, 15) is 14.4 Å². The first-order chi connectivity index (χ1) is 16.1. The number of nitrogens with zero attached hydrogens (tertiary/aromatic N) is 6. The van der Waals surface area contributed by atoms with E-state index in [1.54, 1.807) is 56.9 Å². The molecule has 3 amide bonds. The van der Waals surface area contributed by atoms with Crippen LogP contribution in [0, 0.1) is 13.8 Å².